The van der Waals surface area contributed by atoms with Crippen LogP contribution in [0.1, 0.15) is 17.4 Å². The highest BCUT2D eigenvalue weighted by Gasteiger charge is 2.19. The second kappa shape index (κ2) is 7.51. The first-order chi connectivity index (χ1) is 12.4. The molecular formula is C18H20N4O2S2. The fourth-order valence-corrected chi connectivity index (χ4v) is 4.38. The third-order valence-corrected chi connectivity index (χ3v) is 6.11. The molecular weight excluding hydrogens is 368 g/mol. The van der Waals surface area contributed by atoms with Crippen LogP contribution in [0.3, 0.4) is 0 Å². The van der Waals surface area contributed by atoms with Gasteiger partial charge in [-0.1, -0.05) is 23.9 Å². The predicted octanol–water partition coefficient (Wildman–Crippen LogP) is 4.02. The number of anilines is 2. The van der Waals surface area contributed by atoms with Crippen LogP contribution in [0.4, 0.5) is 11.5 Å². The molecule has 3 rings (SSSR count). The first kappa shape index (κ1) is 18.5. The molecule has 0 saturated carbocycles. The van der Waals surface area contributed by atoms with Crippen molar-refractivity contribution in [2.75, 3.05) is 18.2 Å². The number of rotatable bonds is 5. The summed E-state index contributed by atoms with van der Waals surface area (Å²) in [4.78, 5) is 23.5. The van der Waals surface area contributed by atoms with Gasteiger partial charge >= 0.3 is 0 Å². The Hall–Kier alpha value is -2.32. The number of thioether (sulfide) groups is 1. The molecule has 0 aliphatic heterocycles. The quantitative estimate of drug-likeness (QED) is 0.507. The van der Waals surface area contributed by atoms with E-state index in [0.29, 0.717) is 22.4 Å². The number of thiophene rings is 1. The lowest BCUT2D eigenvalue weighted by Gasteiger charge is -2.13. The van der Waals surface area contributed by atoms with Crippen molar-refractivity contribution in [1.82, 2.24) is 9.97 Å². The zero-order chi connectivity index (χ0) is 18.8. The lowest BCUT2D eigenvalue weighted by Crippen LogP contribution is -2.23. The largest absolute Gasteiger partial charge is 0.495 e. The molecule has 1 amide bonds. The highest BCUT2D eigenvalue weighted by molar-refractivity contribution is 8.00. The Balaban J connectivity index is 1.78. The standard InChI is InChI=1S/C18H20N4O2S2/c1-9-10(2)25-17-14(9)15(19)21-18(22-17)26-11(3)16(23)20-12-7-5-6-8-13(12)24-4/h5-8,11H,1-4H3,(H,20,23)(H2,19,21,22)/t11-/m0/s1. The van der Waals surface area contributed by atoms with Crippen molar-refractivity contribution in [3.8, 4) is 5.75 Å². The number of nitrogen functional groups attached to an aromatic ring is 1. The fraction of sp³-hybridized carbons (Fsp3) is 0.278. The first-order valence-electron chi connectivity index (χ1n) is 8.04. The Kier molecular flexibility index (Phi) is 5.33. The number of nitrogens with one attached hydrogen (secondary N) is 1. The van der Waals surface area contributed by atoms with Gasteiger partial charge in [0.25, 0.3) is 0 Å². The van der Waals surface area contributed by atoms with Crippen molar-refractivity contribution in [3.63, 3.8) is 0 Å². The van der Waals surface area contributed by atoms with Gasteiger partial charge in [0.15, 0.2) is 5.16 Å². The molecule has 8 heteroatoms. The summed E-state index contributed by atoms with van der Waals surface area (Å²) in [5, 5.41) is 3.89. The predicted molar refractivity (Wildman–Crippen MR) is 108 cm³/mol. The monoisotopic (exact) mass is 388 g/mol. The Bertz CT molecular complexity index is 971. The van der Waals surface area contributed by atoms with E-state index in [2.05, 4.69) is 15.3 Å². The van der Waals surface area contributed by atoms with Crippen molar-refractivity contribution in [3.05, 3.63) is 34.7 Å². The van der Waals surface area contributed by atoms with Crippen LogP contribution in [-0.2, 0) is 4.79 Å². The van der Waals surface area contributed by atoms with Gasteiger partial charge in [0.2, 0.25) is 5.91 Å². The number of methoxy groups -OCH3 is 1. The summed E-state index contributed by atoms with van der Waals surface area (Å²) in [5.41, 5.74) is 7.85. The molecule has 0 unspecified atom stereocenters. The van der Waals surface area contributed by atoms with Crippen molar-refractivity contribution in [2.24, 2.45) is 0 Å². The molecule has 0 aliphatic rings. The summed E-state index contributed by atoms with van der Waals surface area (Å²) in [6.07, 6.45) is 0. The summed E-state index contributed by atoms with van der Waals surface area (Å²) in [7, 11) is 1.57. The Labute approximate surface area is 160 Å². The van der Waals surface area contributed by atoms with E-state index in [0.717, 1.165) is 15.8 Å². The Morgan fingerprint density at radius 2 is 2.04 bits per heavy atom. The van der Waals surface area contributed by atoms with Crippen LogP contribution in [-0.4, -0.2) is 28.2 Å². The lowest BCUT2D eigenvalue weighted by atomic mass is 10.2. The van der Waals surface area contributed by atoms with E-state index in [9.17, 15) is 4.79 Å². The summed E-state index contributed by atoms with van der Waals surface area (Å²) < 4.78 is 5.26. The number of hydrogen-bond donors (Lipinski definition) is 2. The van der Waals surface area contributed by atoms with Crippen LogP contribution in [0.2, 0.25) is 0 Å². The maximum Gasteiger partial charge on any atom is 0.237 e. The summed E-state index contributed by atoms with van der Waals surface area (Å²) in [5.74, 6) is 0.918. The number of amides is 1. The highest BCUT2D eigenvalue weighted by Crippen LogP contribution is 2.34. The van der Waals surface area contributed by atoms with E-state index in [1.54, 1.807) is 30.6 Å². The molecule has 1 aromatic carbocycles. The van der Waals surface area contributed by atoms with E-state index >= 15 is 0 Å². The number of carbonyl (C=O) groups is 1. The van der Waals surface area contributed by atoms with E-state index in [-0.39, 0.29) is 11.2 Å². The molecule has 136 valence electrons. The molecule has 0 spiro atoms. The second-order valence-corrected chi connectivity index (χ2v) is 8.32. The average molecular weight is 389 g/mol. The third kappa shape index (κ3) is 3.61. The smallest absolute Gasteiger partial charge is 0.237 e. The van der Waals surface area contributed by atoms with Crippen LogP contribution >= 0.6 is 23.1 Å². The molecule has 0 saturated heterocycles. The minimum atomic E-state index is -0.390. The molecule has 1 atom stereocenters. The summed E-state index contributed by atoms with van der Waals surface area (Å²) in [6, 6.07) is 7.29. The number of aromatic nitrogens is 2. The molecule has 0 fully saturated rings. The number of ether oxygens (including phenoxy) is 1. The van der Waals surface area contributed by atoms with Gasteiger partial charge in [-0.2, -0.15) is 0 Å². The van der Waals surface area contributed by atoms with E-state index in [4.69, 9.17) is 10.5 Å². The zero-order valence-corrected chi connectivity index (χ0v) is 16.6. The number of benzene rings is 1. The van der Waals surface area contributed by atoms with Gasteiger partial charge in [-0.15, -0.1) is 11.3 Å². The maximum absolute atomic E-state index is 12.5. The number of nitrogens with two attached hydrogens (primary N) is 1. The molecule has 2 heterocycles. The van der Waals surface area contributed by atoms with Crippen LogP contribution in [0.15, 0.2) is 29.4 Å². The molecule has 2 aromatic heterocycles. The highest BCUT2D eigenvalue weighted by atomic mass is 32.2. The minimum Gasteiger partial charge on any atom is -0.495 e. The van der Waals surface area contributed by atoms with Crippen LogP contribution < -0.4 is 15.8 Å². The van der Waals surface area contributed by atoms with Gasteiger partial charge in [0, 0.05) is 4.88 Å². The third-order valence-electron chi connectivity index (χ3n) is 4.05. The van der Waals surface area contributed by atoms with Gasteiger partial charge in [-0.05, 0) is 38.5 Å². The zero-order valence-electron chi connectivity index (χ0n) is 15.0. The van der Waals surface area contributed by atoms with Gasteiger partial charge in [-0.25, -0.2) is 9.97 Å². The van der Waals surface area contributed by atoms with Gasteiger partial charge in [-0.3, -0.25) is 4.79 Å². The number of carbonyl (C=O) groups excluding carboxylic acids is 1. The average Bonchev–Trinajstić information content (AvgIpc) is 2.89. The summed E-state index contributed by atoms with van der Waals surface area (Å²) in [6.45, 7) is 5.87. The molecule has 0 aliphatic carbocycles. The van der Waals surface area contributed by atoms with E-state index in [1.165, 1.54) is 16.6 Å². The second-order valence-electron chi connectivity index (χ2n) is 5.80. The van der Waals surface area contributed by atoms with E-state index in [1.807, 2.05) is 32.9 Å². The number of para-hydroxylation sites is 2. The SMILES string of the molecule is COc1ccccc1NC(=O)[C@H](C)Sc1nc(N)c2c(C)c(C)sc2n1. The number of nitrogens with zero attached hydrogens (tertiary/aromatic N) is 2. The van der Waals surface area contributed by atoms with Crippen molar-refractivity contribution >= 4 is 50.7 Å². The Morgan fingerprint density at radius 3 is 2.77 bits per heavy atom. The molecule has 26 heavy (non-hydrogen) atoms. The normalized spacial score (nSPS) is 12.2. The number of fused-ring (bicyclic) bond motifs is 1. The number of hydrogen-bond acceptors (Lipinski definition) is 7. The molecule has 0 radical (unpaired) electrons. The van der Waals surface area contributed by atoms with Gasteiger partial charge in [0.05, 0.1) is 23.4 Å². The fourth-order valence-electron chi connectivity index (χ4n) is 2.51. The van der Waals surface area contributed by atoms with Gasteiger partial charge in [0.1, 0.15) is 16.4 Å². The molecule has 3 aromatic rings. The van der Waals surface area contributed by atoms with Crippen molar-refractivity contribution < 1.29 is 9.53 Å². The first-order valence-corrected chi connectivity index (χ1v) is 9.74. The molecule has 6 nitrogen and oxygen atoms in total. The lowest BCUT2D eigenvalue weighted by molar-refractivity contribution is -0.115. The van der Waals surface area contributed by atoms with Crippen LogP contribution in [0.25, 0.3) is 10.2 Å². The molecule has 3 N–H and O–H groups in total. The minimum absolute atomic E-state index is 0.152. The van der Waals surface area contributed by atoms with Crippen LogP contribution in [0.5, 0.6) is 5.75 Å². The van der Waals surface area contributed by atoms with Crippen molar-refractivity contribution in [2.45, 2.75) is 31.2 Å². The van der Waals surface area contributed by atoms with Crippen molar-refractivity contribution in [1.29, 1.82) is 0 Å². The maximum atomic E-state index is 12.5. The van der Waals surface area contributed by atoms with Crippen LogP contribution in [0, 0.1) is 13.8 Å². The Morgan fingerprint density at radius 1 is 1.31 bits per heavy atom. The topological polar surface area (TPSA) is 90.1 Å². The number of aryl methyl sites for hydroxylation is 2. The van der Waals surface area contributed by atoms with Gasteiger partial charge < -0.3 is 15.8 Å². The summed E-state index contributed by atoms with van der Waals surface area (Å²) >= 11 is 2.87. The van der Waals surface area contributed by atoms with E-state index < -0.39 is 0 Å². The molecule has 0 bridgehead atoms.